The molecule has 3 aromatic rings. The number of aromatic nitrogens is 4. The van der Waals surface area contributed by atoms with Gasteiger partial charge in [0, 0.05) is 25.5 Å². The largest absolute Gasteiger partial charge is 0.492 e. The summed E-state index contributed by atoms with van der Waals surface area (Å²) in [4.78, 5) is 52.5. The number of hydrogen-bond donors (Lipinski definition) is 2. The highest BCUT2D eigenvalue weighted by atomic mass is 35.5. The van der Waals surface area contributed by atoms with Gasteiger partial charge in [0.25, 0.3) is 11.5 Å². The summed E-state index contributed by atoms with van der Waals surface area (Å²) in [6.45, 7) is -0.0336. The molecule has 13 heteroatoms. The maximum Gasteiger partial charge on any atom is 0.332 e. The molecule has 3 rings (SSSR count). The fourth-order valence-corrected chi connectivity index (χ4v) is 3.38. The zero-order chi connectivity index (χ0) is 23.4. The van der Waals surface area contributed by atoms with E-state index in [1.807, 2.05) is 0 Å². The number of benzene rings is 1. The van der Waals surface area contributed by atoms with Gasteiger partial charge < -0.3 is 9.30 Å². The van der Waals surface area contributed by atoms with Crippen LogP contribution in [0, 0.1) is 0 Å². The highest BCUT2D eigenvalue weighted by Crippen LogP contribution is 2.27. The van der Waals surface area contributed by atoms with Gasteiger partial charge in [-0.3, -0.25) is 34.4 Å². The van der Waals surface area contributed by atoms with Gasteiger partial charge in [0.05, 0.1) is 18.0 Å². The van der Waals surface area contributed by atoms with Crippen LogP contribution in [0.25, 0.3) is 11.2 Å². The van der Waals surface area contributed by atoms with Gasteiger partial charge in [-0.2, -0.15) is 0 Å². The van der Waals surface area contributed by atoms with Crippen molar-refractivity contribution in [2.45, 2.75) is 19.4 Å². The van der Waals surface area contributed by atoms with E-state index in [9.17, 15) is 19.2 Å². The number of hydrazine groups is 1. The van der Waals surface area contributed by atoms with Crippen LogP contribution in [0.5, 0.6) is 5.75 Å². The van der Waals surface area contributed by atoms with Crippen molar-refractivity contribution in [3.05, 3.63) is 55.4 Å². The zero-order valence-electron chi connectivity index (χ0n) is 17.2. The van der Waals surface area contributed by atoms with Crippen molar-refractivity contribution in [1.29, 1.82) is 0 Å². The van der Waals surface area contributed by atoms with Gasteiger partial charge in [-0.05, 0) is 24.6 Å². The average molecular weight is 483 g/mol. The van der Waals surface area contributed by atoms with E-state index in [1.165, 1.54) is 29.6 Å². The molecule has 2 amide bonds. The van der Waals surface area contributed by atoms with E-state index in [2.05, 4.69) is 15.8 Å². The molecule has 1 aromatic carbocycles. The summed E-state index contributed by atoms with van der Waals surface area (Å²) in [5.74, 6) is -0.531. The first-order valence-electron chi connectivity index (χ1n) is 9.45. The molecule has 2 heterocycles. The summed E-state index contributed by atoms with van der Waals surface area (Å²) < 4.78 is 8.95. The van der Waals surface area contributed by atoms with E-state index in [0.717, 1.165) is 4.57 Å². The normalized spacial score (nSPS) is 10.9. The molecule has 0 aliphatic carbocycles. The highest BCUT2D eigenvalue weighted by molar-refractivity contribution is 6.35. The Bertz CT molecular complexity index is 1300. The molecule has 2 N–H and O–H groups in total. The van der Waals surface area contributed by atoms with Crippen LogP contribution < -0.4 is 26.8 Å². The van der Waals surface area contributed by atoms with E-state index in [0.29, 0.717) is 22.2 Å². The number of hydrogen-bond acceptors (Lipinski definition) is 6. The third-order valence-electron chi connectivity index (χ3n) is 4.57. The molecule has 170 valence electrons. The van der Waals surface area contributed by atoms with Gasteiger partial charge in [-0.15, -0.1) is 0 Å². The number of nitrogens with zero attached hydrogens (tertiary/aromatic N) is 4. The van der Waals surface area contributed by atoms with E-state index < -0.39 is 23.1 Å². The van der Waals surface area contributed by atoms with Gasteiger partial charge in [0.15, 0.2) is 11.2 Å². The lowest BCUT2D eigenvalue weighted by Gasteiger charge is -2.10. The maximum atomic E-state index is 12.4. The molecule has 0 saturated heterocycles. The fraction of sp³-hybridized carbons (Fsp3) is 0.316. The van der Waals surface area contributed by atoms with Crippen molar-refractivity contribution in [3.8, 4) is 5.75 Å². The summed E-state index contributed by atoms with van der Waals surface area (Å²) in [7, 11) is 2.82. The van der Waals surface area contributed by atoms with E-state index >= 15 is 0 Å². The van der Waals surface area contributed by atoms with Crippen LogP contribution in [0.15, 0.2) is 34.1 Å². The van der Waals surface area contributed by atoms with Crippen LogP contribution in [0.1, 0.15) is 12.8 Å². The first-order chi connectivity index (χ1) is 15.2. The monoisotopic (exact) mass is 482 g/mol. The molecule has 0 aliphatic rings. The predicted octanol–water partition coefficient (Wildman–Crippen LogP) is 0.747. The number of nitrogens with one attached hydrogen (secondary N) is 2. The second-order valence-corrected chi connectivity index (χ2v) is 7.72. The molecule has 0 saturated carbocycles. The molecular formula is C19H20Cl2N6O5. The summed E-state index contributed by atoms with van der Waals surface area (Å²) in [5.41, 5.74) is 3.75. The van der Waals surface area contributed by atoms with Gasteiger partial charge in [0.2, 0.25) is 5.91 Å². The topological polar surface area (TPSA) is 129 Å². The van der Waals surface area contributed by atoms with Crippen LogP contribution >= 0.6 is 23.2 Å². The average Bonchev–Trinajstić information content (AvgIpc) is 3.17. The molecule has 2 aromatic heterocycles. The number of halogens is 2. The lowest BCUT2D eigenvalue weighted by Crippen LogP contribution is -2.43. The van der Waals surface area contributed by atoms with Gasteiger partial charge in [-0.1, -0.05) is 23.2 Å². The van der Waals surface area contributed by atoms with Crippen molar-refractivity contribution in [2.75, 3.05) is 6.61 Å². The standard InChI is InChI=1S/C19H20Cl2N6O5/c1-25-17-16(18(30)26(2)19(25)31)27(10-22-17)9-15(29)24-23-14(28)4-3-7-32-13-6-5-11(20)8-12(13)21/h5-6,8,10H,3-4,7,9H2,1-2H3,(H,23,28)(H,24,29). The van der Waals surface area contributed by atoms with Crippen LogP contribution in [0.4, 0.5) is 0 Å². The van der Waals surface area contributed by atoms with Crippen molar-refractivity contribution in [1.82, 2.24) is 29.5 Å². The Morgan fingerprint density at radius 3 is 2.53 bits per heavy atom. The first kappa shape index (κ1) is 23.4. The smallest absolute Gasteiger partial charge is 0.332 e. The Hall–Kier alpha value is -3.31. The Morgan fingerprint density at radius 2 is 1.81 bits per heavy atom. The highest BCUT2D eigenvalue weighted by Gasteiger charge is 2.16. The SMILES string of the molecule is Cn1c(=O)c2c(ncn2CC(=O)NNC(=O)CCCOc2ccc(Cl)cc2Cl)n(C)c1=O. The van der Waals surface area contributed by atoms with Crippen molar-refractivity contribution >= 4 is 46.2 Å². The number of ether oxygens (including phenoxy) is 1. The third-order valence-corrected chi connectivity index (χ3v) is 5.10. The molecule has 0 bridgehead atoms. The molecule has 0 radical (unpaired) electrons. The minimum atomic E-state index is -0.572. The van der Waals surface area contributed by atoms with E-state index in [4.69, 9.17) is 27.9 Å². The molecule has 0 unspecified atom stereocenters. The quantitative estimate of drug-likeness (QED) is 0.377. The number of imidazole rings is 1. The van der Waals surface area contributed by atoms with Gasteiger partial charge >= 0.3 is 5.69 Å². The summed E-state index contributed by atoms with van der Waals surface area (Å²) in [5, 5.41) is 0.863. The number of aryl methyl sites for hydroxylation is 1. The Kier molecular flexibility index (Phi) is 7.21. The molecule has 11 nitrogen and oxygen atoms in total. The fourth-order valence-electron chi connectivity index (χ4n) is 2.92. The Labute approximate surface area is 191 Å². The number of carbonyl (C=O) groups excluding carboxylic acids is 2. The van der Waals surface area contributed by atoms with Crippen molar-refractivity contribution < 1.29 is 14.3 Å². The van der Waals surface area contributed by atoms with Crippen molar-refractivity contribution in [3.63, 3.8) is 0 Å². The number of carbonyl (C=O) groups is 2. The molecule has 32 heavy (non-hydrogen) atoms. The van der Waals surface area contributed by atoms with Crippen LogP contribution in [0.3, 0.4) is 0 Å². The zero-order valence-corrected chi connectivity index (χ0v) is 18.7. The molecule has 0 aliphatic heterocycles. The van der Waals surface area contributed by atoms with E-state index in [-0.39, 0.29) is 30.7 Å². The third kappa shape index (κ3) is 5.11. The first-order valence-corrected chi connectivity index (χ1v) is 10.2. The second-order valence-electron chi connectivity index (χ2n) is 6.87. The van der Waals surface area contributed by atoms with Crippen LogP contribution in [-0.4, -0.2) is 37.1 Å². The number of amides is 2. The van der Waals surface area contributed by atoms with Gasteiger partial charge in [0.1, 0.15) is 12.3 Å². The second kappa shape index (κ2) is 9.88. The van der Waals surface area contributed by atoms with Crippen molar-refractivity contribution in [2.24, 2.45) is 14.1 Å². The Morgan fingerprint density at radius 1 is 1.09 bits per heavy atom. The molecular weight excluding hydrogens is 463 g/mol. The lowest BCUT2D eigenvalue weighted by atomic mass is 10.3. The van der Waals surface area contributed by atoms with Gasteiger partial charge in [-0.25, -0.2) is 9.78 Å². The minimum Gasteiger partial charge on any atom is -0.492 e. The summed E-state index contributed by atoms with van der Waals surface area (Å²) in [6.07, 6.45) is 1.77. The number of fused-ring (bicyclic) bond motifs is 1. The molecule has 0 fully saturated rings. The molecule has 0 spiro atoms. The number of rotatable bonds is 7. The maximum absolute atomic E-state index is 12.4. The van der Waals surface area contributed by atoms with Crippen LogP contribution in [-0.2, 0) is 30.2 Å². The van der Waals surface area contributed by atoms with Crippen LogP contribution in [0.2, 0.25) is 10.0 Å². The Balaban J connectivity index is 1.48. The van der Waals surface area contributed by atoms with E-state index in [1.54, 1.807) is 18.2 Å². The lowest BCUT2D eigenvalue weighted by molar-refractivity contribution is -0.129. The summed E-state index contributed by atoms with van der Waals surface area (Å²) >= 11 is 11.8. The summed E-state index contributed by atoms with van der Waals surface area (Å²) in [6, 6.07) is 4.83. The predicted molar refractivity (Wildman–Crippen MR) is 118 cm³/mol. The molecule has 0 atom stereocenters. The minimum absolute atomic E-state index is 0.0994.